The number of rotatable bonds is 6. The Morgan fingerprint density at radius 1 is 1.46 bits per heavy atom. The Morgan fingerprint density at radius 3 is 2.75 bits per heavy atom. The number of nitrogens with one attached hydrogen (secondary N) is 1. The van der Waals surface area contributed by atoms with E-state index in [1.807, 2.05) is 0 Å². The lowest BCUT2D eigenvalue weighted by Crippen LogP contribution is -2.69. The van der Waals surface area contributed by atoms with Crippen LogP contribution < -0.4 is 11.1 Å². The minimum atomic E-state index is -1.07. The number of carboxylic acids is 1. The van der Waals surface area contributed by atoms with Gasteiger partial charge in [-0.3, -0.25) is 9.59 Å². The number of β-lactam (4-membered cyclic amide) rings is 1. The zero-order chi connectivity index (χ0) is 20.6. The molecule has 10 nitrogen and oxygen atoms in total. The molecular formula is C16H19N5O5S2. The van der Waals surface area contributed by atoms with E-state index in [4.69, 9.17) is 10.6 Å². The van der Waals surface area contributed by atoms with Crippen LogP contribution in [-0.2, 0) is 19.2 Å². The van der Waals surface area contributed by atoms with E-state index in [9.17, 15) is 19.5 Å². The van der Waals surface area contributed by atoms with Crippen molar-refractivity contribution in [2.24, 2.45) is 5.16 Å². The molecule has 1 saturated heterocycles. The fourth-order valence-corrected chi connectivity index (χ4v) is 4.55. The molecular weight excluding hydrogens is 406 g/mol. The Morgan fingerprint density at radius 2 is 2.18 bits per heavy atom. The first-order valence-electron chi connectivity index (χ1n) is 8.37. The quantitative estimate of drug-likeness (QED) is 0.341. The Kier molecular flexibility index (Phi) is 5.61. The van der Waals surface area contributed by atoms with Crippen molar-refractivity contribution < 1.29 is 24.3 Å². The highest BCUT2D eigenvalue weighted by atomic mass is 32.2. The first-order valence-corrected chi connectivity index (χ1v) is 10.2. The molecule has 1 fully saturated rings. The van der Waals surface area contributed by atoms with Crippen LogP contribution in [0.25, 0.3) is 0 Å². The molecule has 0 aromatic carbocycles. The fraction of sp³-hybridized carbons (Fsp3) is 0.438. The van der Waals surface area contributed by atoms with Crippen molar-refractivity contribution in [3.8, 4) is 0 Å². The highest BCUT2D eigenvalue weighted by Crippen LogP contribution is 2.40. The van der Waals surface area contributed by atoms with Crippen molar-refractivity contribution in [3.63, 3.8) is 0 Å². The number of hydrogen-bond donors (Lipinski definition) is 3. The minimum Gasteiger partial charge on any atom is -0.478 e. The maximum absolute atomic E-state index is 12.8. The molecule has 2 aliphatic heterocycles. The number of hydrogen-bond acceptors (Lipinski definition) is 9. The number of nitrogens with two attached hydrogens (primary N) is 1. The lowest BCUT2D eigenvalue weighted by atomic mass is 10.1. The molecule has 2 unspecified atom stereocenters. The average molecular weight is 425 g/mol. The van der Waals surface area contributed by atoms with Crippen LogP contribution in [0.4, 0.5) is 5.13 Å². The highest BCUT2D eigenvalue weighted by molar-refractivity contribution is 8.00. The normalized spacial score (nSPS) is 24.4. The van der Waals surface area contributed by atoms with Gasteiger partial charge in [0.15, 0.2) is 10.8 Å². The van der Waals surface area contributed by atoms with Crippen molar-refractivity contribution in [3.05, 3.63) is 22.8 Å². The number of carbonyl (C=O) groups is 3. The average Bonchev–Trinajstić information content (AvgIpc) is 3.05. The van der Waals surface area contributed by atoms with Gasteiger partial charge in [-0.15, -0.1) is 23.1 Å². The SMILES string of the molecule is CC(C)ON=C(C(=O)NC1C(=O)N2C=C(C(=O)O)C(C)S[C@H]12)c1csc(N)n1. The van der Waals surface area contributed by atoms with E-state index in [2.05, 4.69) is 15.5 Å². The molecule has 4 N–H and O–H groups in total. The maximum Gasteiger partial charge on any atom is 0.334 e. The van der Waals surface area contributed by atoms with Crippen molar-refractivity contribution in [1.29, 1.82) is 0 Å². The first kappa shape index (κ1) is 20.1. The number of aliphatic carboxylic acids is 1. The zero-order valence-electron chi connectivity index (χ0n) is 15.3. The van der Waals surface area contributed by atoms with Crippen molar-refractivity contribution in [2.45, 2.75) is 43.5 Å². The van der Waals surface area contributed by atoms with Gasteiger partial charge in [0.05, 0.1) is 5.57 Å². The number of nitrogens with zero attached hydrogens (tertiary/aromatic N) is 3. The van der Waals surface area contributed by atoms with E-state index < -0.39 is 23.8 Å². The number of thioether (sulfide) groups is 1. The summed E-state index contributed by atoms with van der Waals surface area (Å²) < 4.78 is 0. The Bertz CT molecular complexity index is 881. The summed E-state index contributed by atoms with van der Waals surface area (Å²) in [5.41, 5.74) is 5.95. The van der Waals surface area contributed by atoms with E-state index in [0.717, 1.165) is 11.3 Å². The molecule has 3 atom stereocenters. The summed E-state index contributed by atoms with van der Waals surface area (Å²) in [6.45, 7) is 5.26. The Balaban J connectivity index is 1.77. The van der Waals surface area contributed by atoms with Crippen molar-refractivity contribution in [2.75, 3.05) is 5.73 Å². The summed E-state index contributed by atoms with van der Waals surface area (Å²) >= 11 is 2.45. The van der Waals surface area contributed by atoms with Gasteiger partial charge in [-0.05, 0) is 20.8 Å². The van der Waals surface area contributed by atoms with Crippen molar-refractivity contribution >= 4 is 51.7 Å². The van der Waals surface area contributed by atoms with Crippen LogP contribution in [0, 0.1) is 0 Å². The van der Waals surface area contributed by atoms with Gasteiger partial charge in [0, 0.05) is 16.8 Å². The summed E-state index contributed by atoms with van der Waals surface area (Å²) in [5.74, 6) is -2.08. The number of aromatic nitrogens is 1. The third-order valence-electron chi connectivity index (χ3n) is 4.01. The lowest BCUT2D eigenvalue weighted by Gasteiger charge is -2.48. The molecule has 3 heterocycles. The Labute approximate surface area is 168 Å². The summed E-state index contributed by atoms with van der Waals surface area (Å²) in [4.78, 5) is 47.0. The molecule has 0 spiro atoms. The van der Waals surface area contributed by atoms with Gasteiger partial charge in [0.25, 0.3) is 11.8 Å². The van der Waals surface area contributed by atoms with Crippen LogP contribution in [0.15, 0.2) is 22.3 Å². The van der Waals surface area contributed by atoms with Gasteiger partial charge < -0.3 is 25.9 Å². The second kappa shape index (κ2) is 7.80. The van der Waals surface area contributed by atoms with Crippen LogP contribution in [0.1, 0.15) is 26.5 Å². The number of oxime groups is 1. The Hall–Kier alpha value is -2.60. The van der Waals surface area contributed by atoms with Gasteiger partial charge >= 0.3 is 5.97 Å². The number of carboxylic acid groups (broad SMARTS) is 1. The molecule has 2 aliphatic rings. The zero-order valence-corrected chi connectivity index (χ0v) is 16.9. The van der Waals surface area contributed by atoms with Crippen LogP contribution in [0.5, 0.6) is 0 Å². The van der Waals surface area contributed by atoms with E-state index >= 15 is 0 Å². The second-order valence-corrected chi connectivity index (χ2v) is 8.77. The number of carbonyl (C=O) groups excluding carboxylic acids is 2. The van der Waals surface area contributed by atoms with Gasteiger partial charge in [-0.2, -0.15) is 0 Å². The van der Waals surface area contributed by atoms with E-state index in [1.54, 1.807) is 26.2 Å². The van der Waals surface area contributed by atoms with Crippen molar-refractivity contribution in [1.82, 2.24) is 15.2 Å². The van der Waals surface area contributed by atoms with Crippen LogP contribution in [-0.4, -0.2) is 61.3 Å². The van der Waals surface area contributed by atoms with E-state index in [1.165, 1.54) is 22.9 Å². The number of nitrogen functional groups attached to an aromatic ring is 1. The third-order valence-corrected chi connectivity index (χ3v) is 6.12. The monoisotopic (exact) mass is 425 g/mol. The summed E-state index contributed by atoms with van der Waals surface area (Å²) in [5, 5.41) is 16.9. The smallest absolute Gasteiger partial charge is 0.334 e. The van der Waals surface area contributed by atoms with Crippen LogP contribution in [0.2, 0.25) is 0 Å². The number of fused-ring (bicyclic) bond motifs is 1. The van der Waals surface area contributed by atoms with E-state index in [0.29, 0.717) is 0 Å². The summed E-state index contributed by atoms with van der Waals surface area (Å²) in [6.07, 6.45) is 1.07. The van der Waals surface area contributed by atoms with Gasteiger partial charge in [0.2, 0.25) is 0 Å². The largest absolute Gasteiger partial charge is 0.478 e. The standard InChI is InChI=1S/C16H19N5O5S2/c1-6(2)26-20-10(9-5-27-16(17)18-9)12(22)19-11-13(23)21-4-8(15(24)25)7(3)28-14(11)21/h4-7,11,14H,1-3H3,(H2,17,18)(H,19,22)(H,24,25)/t7?,11?,14-/m1/s1. The van der Waals surface area contributed by atoms with Crippen LogP contribution in [0.3, 0.4) is 0 Å². The second-order valence-electron chi connectivity index (χ2n) is 6.42. The molecule has 3 rings (SSSR count). The van der Waals surface area contributed by atoms with Gasteiger partial charge in [-0.25, -0.2) is 9.78 Å². The molecule has 12 heteroatoms. The van der Waals surface area contributed by atoms with E-state index in [-0.39, 0.29) is 38.8 Å². The summed E-state index contributed by atoms with van der Waals surface area (Å²) in [7, 11) is 0. The molecule has 1 aromatic rings. The molecule has 0 saturated carbocycles. The molecule has 0 bridgehead atoms. The summed E-state index contributed by atoms with van der Waals surface area (Å²) in [6, 6.07) is -0.799. The third kappa shape index (κ3) is 3.83. The maximum atomic E-state index is 12.8. The molecule has 1 aromatic heterocycles. The highest BCUT2D eigenvalue weighted by Gasteiger charge is 2.51. The van der Waals surface area contributed by atoms with Gasteiger partial charge in [-0.1, -0.05) is 5.16 Å². The molecule has 150 valence electrons. The number of amides is 2. The molecule has 0 aliphatic carbocycles. The van der Waals surface area contributed by atoms with Crippen LogP contribution >= 0.6 is 23.1 Å². The van der Waals surface area contributed by atoms with Gasteiger partial charge in [0.1, 0.15) is 23.2 Å². The minimum absolute atomic E-state index is 0.0801. The molecule has 2 amide bonds. The number of thiazole rings is 1. The molecule has 28 heavy (non-hydrogen) atoms. The predicted octanol–water partition coefficient (Wildman–Crippen LogP) is 0.611. The lowest BCUT2D eigenvalue weighted by molar-refractivity contribution is -0.144. The first-order chi connectivity index (χ1) is 13.2. The predicted molar refractivity (Wildman–Crippen MR) is 105 cm³/mol. The number of anilines is 1. The molecule has 0 radical (unpaired) electrons. The fourth-order valence-electron chi connectivity index (χ4n) is 2.64. The topological polar surface area (TPSA) is 147 Å².